The van der Waals surface area contributed by atoms with Crippen molar-refractivity contribution in [3.05, 3.63) is 12.7 Å². The van der Waals surface area contributed by atoms with E-state index in [0.717, 1.165) is 0 Å². The highest BCUT2D eigenvalue weighted by Gasteiger charge is 2.41. The van der Waals surface area contributed by atoms with Crippen LogP contribution in [0.5, 0.6) is 0 Å². The number of carbonyl (C=O) groups excluding carboxylic acids is 5. The fourth-order valence-electron chi connectivity index (χ4n) is 5.17. The second-order valence-electron chi connectivity index (χ2n) is 12.5. The zero-order valence-electron chi connectivity index (χ0n) is 26.2. The SMILES string of the molecule is C=CC(C)(C)OC[C@@H]1NC(=O)CNC(=O)[C@@H]2CCCN2C(=O)[C@H]([C@@H](C)CC)NC(=O)[C@@H]2CSC(=N2)[C@H](CC(C)C)NC1=O. The first-order valence-electron chi connectivity index (χ1n) is 15.2. The summed E-state index contributed by atoms with van der Waals surface area (Å²) in [6, 6.07) is -3.86. The lowest BCUT2D eigenvalue weighted by Gasteiger charge is -2.31. The van der Waals surface area contributed by atoms with Crippen LogP contribution in [-0.4, -0.2) is 101 Å². The Morgan fingerprint density at radius 2 is 1.79 bits per heavy atom. The van der Waals surface area contributed by atoms with Gasteiger partial charge in [0.15, 0.2) is 0 Å². The third-order valence-corrected chi connectivity index (χ3v) is 9.27. The number of thioether (sulfide) groups is 1. The number of nitrogens with zero attached hydrogens (tertiary/aromatic N) is 2. The minimum atomic E-state index is -1.07. The second kappa shape index (κ2) is 15.2. The maximum absolute atomic E-state index is 13.8. The van der Waals surface area contributed by atoms with Crippen LogP contribution in [-0.2, 0) is 28.7 Å². The normalized spacial score (nSPS) is 28.6. The van der Waals surface area contributed by atoms with Crippen molar-refractivity contribution in [1.82, 2.24) is 26.2 Å². The summed E-state index contributed by atoms with van der Waals surface area (Å²) >= 11 is 1.40. The molecule has 0 aromatic rings. The van der Waals surface area contributed by atoms with Gasteiger partial charge in [-0.1, -0.05) is 40.2 Å². The molecule has 3 aliphatic rings. The quantitative estimate of drug-likeness (QED) is 0.297. The molecule has 2 bridgehead atoms. The largest absolute Gasteiger partial charge is 0.369 e. The molecule has 0 aromatic carbocycles. The highest BCUT2D eigenvalue weighted by Crippen LogP contribution is 2.26. The van der Waals surface area contributed by atoms with Gasteiger partial charge in [-0.3, -0.25) is 29.0 Å². The van der Waals surface area contributed by atoms with Crippen molar-refractivity contribution in [3.63, 3.8) is 0 Å². The van der Waals surface area contributed by atoms with Gasteiger partial charge in [-0.05, 0) is 44.9 Å². The summed E-state index contributed by atoms with van der Waals surface area (Å²) in [4.78, 5) is 73.2. The van der Waals surface area contributed by atoms with Crippen molar-refractivity contribution in [3.8, 4) is 0 Å². The zero-order chi connectivity index (χ0) is 31.9. The van der Waals surface area contributed by atoms with Gasteiger partial charge in [-0.25, -0.2) is 0 Å². The molecule has 0 spiro atoms. The van der Waals surface area contributed by atoms with Gasteiger partial charge >= 0.3 is 0 Å². The van der Waals surface area contributed by atoms with Gasteiger partial charge in [0.05, 0.1) is 29.8 Å². The molecule has 12 nitrogen and oxygen atoms in total. The average Bonchev–Trinajstić information content (AvgIpc) is 3.65. The summed E-state index contributed by atoms with van der Waals surface area (Å²) in [7, 11) is 0. The molecule has 3 heterocycles. The van der Waals surface area contributed by atoms with Crippen molar-refractivity contribution in [1.29, 1.82) is 0 Å². The zero-order valence-corrected chi connectivity index (χ0v) is 27.1. The minimum absolute atomic E-state index is 0.133. The Morgan fingerprint density at radius 3 is 2.44 bits per heavy atom. The molecule has 13 heteroatoms. The lowest BCUT2D eigenvalue weighted by molar-refractivity contribution is -0.143. The number of amides is 5. The van der Waals surface area contributed by atoms with Crippen LogP contribution in [0, 0.1) is 11.8 Å². The van der Waals surface area contributed by atoms with Crippen LogP contribution < -0.4 is 21.3 Å². The molecule has 3 aliphatic heterocycles. The van der Waals surface area contributed by atoms with Crippen LogP contribution in [0.2, 0.25) is 0 Å². The van der Waals surface area contributed by atoms with E-state index in [1.54, 1.807) is 19.9 Å². The van der Waals surface area contributed by atoms with Gasteiger partial charge in [-0.15, -0.1) is 18.3 Å². The first-order chi connectivity index (χ1) is 20.3. The molecule has 6 atom stereocenters. The fourth-order valence-corrected chi connectivity index (χ4v) is 6.28. The van der Waals surface area contributed by atoms with E-state index in [-0.39, 0.29) is 36.8 Å². The molecule has 4 N–H and O–H groups in total. The van der Waals surface area contributed by atoms with Crippen molar-refractivity contribution in [2.45, 2.75) is 103 Å². The van der Waals surface area contributed by atoms with E-state index >= 15 is 0 Å². The Kier molecular flexibility index (Phi) is 12.2. The topological polar surface area (TPSA) is 158 Å². The predicted molar refractivity (Wildman–Crippen MR) is 166 cm³/mol. The summed E-state index contributed by atoms with van der Waals surface area (Å²) in [5.41, 5.74) is -0.750. The van der Waals surface area contributed by atoms with E-state index in [0.29, 0.717) is 43.0 Å². The smallest absolute Gasteiger partial charge is 0.246 e. The molecule has 0 aliphatic carbocycles. The lowest BCUT2D eigenvalue weighted by Crippen LogP contribution is -2.58. The molecule has 43 heavy (non-hydrogen) atoms. The van der Waals surface area contributed by atoms with Crippen molar-refractivity contribution < 1.29 is 28.7 Å². The maximum atomic E-state index is 13.8. The Labute approximate surface area is 259 Å². The third-order valence-electron chi connectivity index (χ3n) is 8.10. The molecule has 0 radical (unpaired) electrons. The number of nitrogens with one attached hydrogen (secondary N) is 4. The van der Waals surface area contributed by atoms with Crippen LogP contribution in [0.4, 0.5) is 0 Å². The number of fused-ring (bicyclic) bond motifs is 2. The predicted octanol–water partition coefficient (Wildman–Crippen LogP) is 1.15. The highest BCUT2D eigenvalue weighted by atomic mass is 32.2. The van der Waals surface area contributed by atoms with Gasteiger partial charge in [0.2, 0.25) is 29.5 Å². The van der Waals surface area contributed by atoms with E-state index in [9.17, 15) is 24.0 Å². The number of hydrogen-bond acceptors (Lipinski definition) is 8. The molecule has 240 valence electrons. The van der Waals surface area contributed by atoms with Crippen molar-refractivity contribution in [2.24, 2.45) is 16.8 Å². The summed E-state index contributed by atoms with van der Waals surface area (Å²) in [5, 5.41) is 11.9. The van der Waals surface area contributed by atoms with Gasteiger partial charge in [-0.2, -0.15) is 0 Å². The number of ether oxygens (including phenoxy) is 1. The van der Waals surface area contributed by atoms with Crippen LogP contribution in [0.25, 0.3) is 0 Å². The van der Waals surface area contributed by atoms with E-state index in [1.165, 1.54) is 16.7 Å². The van der Waals surface area contributed by atoms with E-state index in [1.807, 2.05) is 27.7 Å². The van der Waals surface area contributed by atoms with Gasteiger partial charge < -0.3 is 30.9 Å². The maximum Gasteiger partial charge on any atom is 0.246 e. The molecular formula is C30H48N6O6S. The molecule has 0 saturated carbocycles. The Morgan fingerprint density at radius 1 is 1.07 bits per heavy atom. The molecule has 0 unspecified atom stereocenters. The van der Waals surface area contributed by atoms with Crippen LogP contribution in [0.15, 0.2) is 17.6 Å². The van der Waals surface area contributed by atoms with Crippen LogP contribution >= 0.6 is 11.8 Å². The van der Waals surface area contributed by atoms with Gasteiger partial charge in [0, 0.05) is 12.3 Å². The van der Waals surface area contributed by atoms with Crippen LogP contribution in [0.3, 0.4) is 0 Å². The number of aliphatic imine (C=N–C) groups is 1. The van der Waals surface area contributed by atoms with E-state index in [4.69, 9.17) is 9.73 Å². The second-order valence-corrected chi connectivity index (χ2v) is 13.5. The van der Waals surface area contributed by atoms with Crippen LogP contribution in [0.1, 0.15) is 67.2 Å². The summed E-state index contributed by atoms with van der Waals surface area (Å²) in [6.45, 7) is 15.1. The standard InChI is InChI=1S/C30H48N6O6S/c1-8-18(5)24-29(41)36-12-10-11-22(36)27(40)31-14-23(37)32-20(15-42-30(6,7)9-2)25(38)33-19(13-17(3)4)28-34-21(16-43-28)26(39)35-24/h9,17-22,24H,2,8,10-16H2,1,3-7H3,(H,31,40)(H,32,37)(H,33,38)(H,35,39)/t18-,19-,20-,21-,22-,24-/m0/s1. The van der Waals surface area contributed by atoms with Crippen molar-refractivity contribution in [2.75, 3.05) is 25.4 Å². The number of hydrogen-bond donors (Lipinski definition) is 4. The summed E-state index contributed by atoms with van der Waals surface area (Å²) in [5.74, 6) is -1.77. The third kappa shape index (κ3) is 9.28. The molecule has 5 amide bonds. The Bertz CT molecular complexity index is 1110. The molecule has 0 aromatic heterocycles. The molecule has 3 rings (SSSR count). The first kappa shape index (κ1) is 34.6. The average molecular weight is 621 g/mol. The summed E-state index contributed by atoms with van der Waals surface area (Å²) in [6.07, 6.45) is 3.88. The number of carbonyl (C=O) groups is 5. The van der Waals surface area contributed by atoms with E-state index < -0.39 is 53.5 Å². The minimum Gasteiger partial charge on any atom is -0.369 e. The van der Waals surface area contributed by atoms with Crippen molar-refractivity contribution >= 4 is 46.3 Å². The molecule has 1 fully saturated rings. The van der Waals surface area contributed by atoms with E-state index in [2.05, 4.69) is 27.8 Å². The lowest BCUT2D eigenvalue weighted by atomic mass is 9.97. The van der Waals surface area contributed by atoms with Gasteiger partial charge in [0.25, 0.3) is 0 Å². The molecule has 1 saturated heterocycles. The summed E-state index contributed by atoms with van der Waals surface area (Å²) < 4.78 is 5.88. The van der Waals surface area contributed by atoms with Gasteiger partial charge in [0.1, 0.15) is 24.2 Å². The highest BCUT2D eigenvalue weighted by molar-refractivity contribution is 8.14. The monoisotopic (exact) mass is 620 g/mol. The fraction of sp³-hybridized carbons (Fsp3) is 0.733. The number of rotatable bonds is 8. The first-order valence-corrected chi connectivity index (χ1v) is 16.2. The molecular weight excluding hydrogens is 572 g/mol. The Hall–Kier alpha value is -2.93. The Balaban J connectivity index is 1.97.